The summed E-state index contributed by atoms with van der Waals surface area (Å²) in [5, 5.41) is 3.34. The number of hydrogen-bond donors (Lipinski definition) is 1. The molecule has 2 fully saturated rings. The van der Waals surface area contributed by atoms with E-state index < -0.39 is 12.1 Å². The van der Waals surface area contributed by atoms with Crippen LogP contribution in [0.15, 0.2) is 0 Å². The second-order valence-corrected chi connectivity index (χ2v) is 6.07. The van der Waals surface area contributed by atoms with Crippen molar-refractivity contribution in [3.05, 3.63) is 0 Å². The van der Waals surface area contributed by atoms with Gasteiger partial charge in [-0.15, -0.1) is 0 Å². The highest BCUT2D eigenvalue weighted by molar-refractivity contribution is 4.89. The topological polar surface area (TPSA) is 12.0 Å². The zero-order valence-corrected chi connectivity index (χ0v) is 11.1. The highest BCUT2D eigenvalue weighted by atomic mass is 19.4. The predicted octanol–water partition coefficient (Wildman–Crippen LogP) is 4.28. The normalized spacial score (nSPS) is 38.7. The van der Waals surface area contributed by atoms with Gasteiger partial charge in [0.25, 0.3) is 0 Å². The molecule has 1 nitrogen and oxygen atoms in total. The lowest BCUT2D eigenvalue weighted by atomic mass is 9.80. The fourth-order valence-corrected chi connectivity index (χ4v) is 3.56. The third-order valence-corrected chi connectivity index (χ3v) is 4.73. The SMILES string of the molecule is CC1CCCCC1NC1CCCCC1C(F)(F)F. The molecule has 4 unspecified atom stereocenters. The highest BCUT2D eigenvalue weighted by Crippen LogP contribution is 2.38. The summed E-state index contributed by atoms with van der Waals surface area (Å²) in [7, 11) is 0. The Morgan fingerprint density at radius 3 is 2.00 bits per heavy atom. The Bertz CT molecular complexity index is 264. The molecule has 4 heteroatoms. The van der Waals surface area contributed by atoms with E-state index >= 15 is 0 Å². The molecule has 0 saturated heterocycles. The van der Waals surface area contributed by atoms with Gasteiger partial charge in [-0.3, -0.25) is 0 Å². The number of halogens is 3. The van der Waals surface area contributed by atoms with Crippen molar-refractivity contribution in [2.24, 2.45) is 11.8 Å². The van der Waals surface area contributed by atoms with Gasteiger partial charge >= 0.3 is 6.18 Å². The number of hydrogen-bond acceptors (Lipinski definition) is 1. The third-order valence-electron chi connectivity index (χ3n) is 4.73. The zero-order chi connectivity index (χ0) is 13.2. The summed E-state index contributed by atoms with van der Waals surface area (Å²) in [6.07, 6.45) is 3.21. The molecule has 2 aliphatic rings. The molecule has 0 aliphatic heterocycles. The van der Waals surface area contributed by atoms with E-state index in [9.17, 15) is 13.2 Å². The second kappa shape index (κ2) is 5.81. The van der Waals surface area contributed by atoms with E-state index in [1.807, 2.05) is 0 Å². The van der Waals surface area contributed by atoms with Gasteiger partial charge in [0.1, 0.15) is 0 Å². The summed E-state index contributed by atoms with van der Waals surface area (Å²) in [5.41, 5.74) is 0. The first-order chi connectivity index (χ1) is 8.48. The monoisotopic (exact) mass is 263 g/mol. The fourth-order valence-electron chi connectivity index (χ4n) is 3.56. The summed E-state index contributed by atoms with van der Waals surface area (Å²) < 4.78 is 39.0. The van der Waals surface area contributed by atoms with E-state index in [1.54, 1.807) is 0 Å². The van der Waals surface area contributed by atoms with Gasteiger partial charge in [-0.2, -0.15) is 13.2 Å². The smallest absolute Gasteiger partial charge is 0.310 e. The van der Waals surface area contributed by atoms with Gasteiger partial charge in [0.05, 0.1) is 5.92 Å². The van der Waals surface area contributed by atoms with Crippen molar-refractivity contribution in [1.82, 2.24) is 5.32 Å². The molecule has 0 heterocycles. The van der Waals surface area contributed by atoms with E-state index in [4.69, 9.17) is 0 Å². The minimum atomic E-state index is -4.03. The Labute approximate surface area is 108 Å². The van der Waals surface area contributed by atoms with E-state index in [2.05, 4.69) is 12.2 Å². The molecule has 0 amide bonds. The van der Waals surface area contributed by atoms with Gasteiger partial charge < -0.3 is 5.32 Å². The van der Waals surface area contributed by atoms with Crippen LogP contribution in [0.25, 0.3) is 0 Å². The van der Waals surface area contributed by atoms with Crippen molar-refractivity contribution in [3.63, 3.8) is 0 Å². The Hall–Kier alpha value is -0.250. The maximum absolute atomic E-state index is 13.0. The Morgan fingerprint density at radius 1 is 0.833 bits per heavy atom. The molecule has 2 saturated carbocycles. The summed E-state index contributed by atoms with van der Waals surface area (Å²) >= 11 is 0. The summed E-state index contributed by atoms with van der Waals surface area (Å²) in [6, 6.07) is -0.0454. The van der Waals surface area contributed by atoms with Gasteiger partial charge in [0.2, 0.25) is 0 Å². The fraction of sp³-hybridized carbons (Fsp3) is 1.00. The van der Waals surface area contributed by atoms with Crippen LogP contribution in [0.4, 0.5) is 13.2 Å². The van der Waals surface area contributed by atoms with Crippen LogP contribution < -0.4 is 5.32 Å². The summed E-state index contributed by atoms with van der Waals surface area (Å²) in [5.74, 6) is -0.602. The molecule has 0 aromatic carbocycles. The van der Waals surface area contributed by atoms with Crippen LogP contribution in [0.2, 0.25) is 0 Å². The minimum Gasteiger partial charge on any atom is -0.310 e. The molecule has 0 aromatic rings. The maximum atomic E-state index is 13.0. The van der Waals surface area contributed by atoms with Crippen LogP contribution in [0.3, 0.4) is 0 Å². The average Bonchev–Trinajstić information content (AvgIpc) is 2.31. The van der Waals surface area contributed by atoms with Crippen molar-refractivity contribution < 1.29 is 13.2 Å². The number of rotatable bonds is 2. The summed E-state index contributed by atoms with van der Waals surface area (Å²) in [6.45, 7) is 2.17. The van der Waals surface area contributed by atoms with Gasteiger partial charge in [-0.05, 0) is 31.6 Å². The van der Waals surface area contributed by atoms with Gasteiger partial charge in [0.15, 0.2) is 0 Å². The molecule has 4 atom stereocenters. The molecule has 18 heavy (non-hydrogen) atoms. The van der Waals surface area contributed by atoms with Crippen molar-refractivity contribution in [3.8, 4) is 0 Å². The molecule has 0 radical (unpaired) electrons. The molecule has 0 spiro atoms. The molecule has 2 rings (SSSR count). The number of nitrogens with one attached hydrogen (secondary N) is 1. The van der Waals surface area contributed by atoms with Crippen molar-refractivity contribution in [2.75, 3.05) is 0 Å². The average molecular weight is 263 g/mol. The number of alkyl halides is 3. The van der Waals surface area contributed by atoms with Crippen molar-refractivity contribution >= 4 is 0 Å². The highest BCUT2D eigenvalue weighted by Gasteiger charge is 2.46. The van der Waals surface area contributed by atoms with Crippen LogP contribution in [-0.4, -0.2) is 18.3 Å². The maximum Gasteiger partial charge on any atom is 0.393 e. The molecule has 106 valence electrons. The van der Waals surface area contributed by atoms with E-state index in [-0.39, 0.29) is 6.04 Å². The van der Waals surface area contributed by atoms with E-state index in [0.717, 1.165) is 32.1 Å². The van der Waals surface area contributed by atoms with Crippen LogP contribution in [0.1, 0.15) is 58.3 Å². The first-order valence-electron chi connectivity index (χ1n) is 7.31. The van der Waals surface area contributed by atoms with Crippen molar-refractivity contribution in [2.45, 2.75) is 76.6 Å². The van der Waals surface area contributed by atoms with Gasteiger partial charge in [-0.1, -0.05) is 32.6 Å². The predicted molar refractivity (Wildman–Crippen MR) is 66.4 cm³/mol. The lowest BCUT2D eigenvalue weighted by Gasteiger charge is -2.39. The van der Waals surface area contributed by atoms with E-state index in [1.165, 1.54) is 6.42 Å². The second-order valence-electron chi connectivity index (χ2n) is 6.07. The first kappa shape index (κ1) is 14.2. The van der Waals surface area contributed by atoms with E-state index in [0.29, 0.717) is 24.8 Å². The quantitative estimate of drug-likeness (QED) is 0.784. The molecule has 0 aromatic heterocycles. The van der Waals surface area contributed by atoms with Crippen molar-refractivity contribution in [1.29, 1.82) is 0 Å². The van der Waals surface area contributed by atoms with Crippen LogP contribution in [0, 0.1) is 11.8 Å². The van der Waals surface area contributed by atoms with Gasteiger partial charge in [0, 0.05) is 12.1 Å². The molecule has 0 bridgehead atoms. The summed E-state index contributed by atoms with van der Waals surface area (Å²) in [4.78, 5) is 0. The van der Waals surface area contributed by atoms with Crippen LogP contribution in [0.5, 0.6) is 0 Å². The Kier molecular flexibility index (Phi) is 4.57. The molecule has 2 aliphatic carbocycles. The van der Waals surface area contributed by atoms with Crippen LogP contribution >= 0.6 is 0 Å². The Balaban J connectivity index is 1.96. The third kappa shape index (κ3) is 3.40. The zero-order valence-electron chi connectivity index (χ0n) is 11.1. The Morgan fingerprint density at radius 2 is 1.39 bits per heavy atom. The lowest BCUT2D eigenvalue weighted by Crippen LogP contribution is -2.51. The molecular formula is C14H24F3N. The lowest BCUT2D eigenvalue weighted by molar-refractivity contribution is -0.189. The van der Waals surface area contributed by atoms with Crippen LogP contribution in [-0.2, 0) is 0 Å². The minimum absolute atomic E-state index is 0.298. The first-order valence-corrected chi connectivity index (χ1v) is 7.31. The van der Waals surface area contributed by atoms with Gasteiger partial charge in [-0.25, -0.2) is 0 Å². The standard InChI is InChI=1S/C14H24F3N/c1-10-6-2-4-8-12(10)18-13-9-5-3-7-11(13)14(15,16)17/h10-13,18H,2-9H2,1H3. The largest absolute Gasteiger partial charge is 0.393 e. The molecular weight excluding hydrogens is 239 g/mol. The molecule has 1 N–H and O–H groups in total.